The lowest BCUT2D eigenvalue weighted by atomic mass is 10.2. The van der Waals surface area contributed by atoms with Gasteiger partial charge >= 0.3 is 0 Å². The van der Waals surface area contributed by atoms with Crippen molar-refractivity contribution in [3.8, 4) is 5.75 Å². The standard InChI is InChI=1S/C14H12ClNO3S/c1-19-13-6-8-14(9-7-13)20(17,18)16-10-11-2-4-12(15)5-3-11/h2-10H,1H3. The van der Waals surface area contributed by atoms with Gasteiger partial charge in [-0.05, 0) is 42.0 Å². The van der Waals surface area contributed by atoms with Crippen LogP contribution in [-0.4, -0.2) is 21.7 Å². The van der Waals surface area contributed by atoms with E-state index < -0.39 is 10.0 Å². The first-order valence-corrected chi connectivity index (χ1v) is 7.53. The van der Waals surface area contributed by atoms with E-state index >= 15 is 0 Å². The second kappa shape index (κ2) is 6.07. The summed E-state index contributed by atoms with van der Waals surface area (Å²) in [4.78, 5) is 0.114. The Morgan fingerprint density at radius 1 is 1.05 bits per heavy atom. The first-order chi connectivity index (χ1) is 9.51. The van der Waals surface area contributed by atoms with Crippen LogP contribution >= 0.6 is 11.6 Å². The molecule has 104 valence electrons. The van der Waals surface area contributed by atoms with E-state index in [1.807, 2.05) is 0 Å². The number of halogens is 1. The van der Waals surface area contributed by atoms with Gasteiger partial charge < -0.3 is 4.74 Å². The van der Waals surface area contributed by atoms with Crippen molar-refractivity contribution in [3.63, 3.8) is 0 Å². The van der Waals surface area contributed by atoms with E-state index in [1.165, 1.54) is 25.5 Å². The van der Waals surface area contributed by atoms with Crippen LogP contribution in [0.3, 0.4) is 0 Å². The number of sulfonamides is 1. The minimum atomic E-state index is -3.71. The number of benzene rings is 2. The second-order valence-electron chi connectivity index (χ2n) is 3.94. The van der Waals surface area contributed by atoms with Gasteiger partial charge in [-0.25, -0.2) is 0 Å². The lowest BCUT2D eigenvalue weighted by Crippen LogP contribution is -1.97. The van der Waals surface area contributed by atoms with Gasteiger partial charge in [0.2, 0.25) is 0 Å². The fraction of sp³-hybridized carbons (Fsp3) is 0.0714. The van der Waals surface area contributed by atoms with Crippen LogP contribution in [0.15, 0.2) is 57.8 Å². The van der Waals surface area contributed by atoms with Crippen LogP contribution in [-0.2, 0) is 10.0 Å². The Kier molecular flexibility index (Phi) is 4.42. The fourth-order valence-electron chi connectivity index (χ4n) is 1.49. The second-order valence-corrected chi connectivity index (χ2v) is 6.01. The van der Waals surface area contributed by atoms with Gasteiger partial charge in [0.25, 0.3) is 10.0 Å². The fourth-order valence-corrected chi connectivity index (χ4v) is 2.48. The van der Waals surface area contributed by atoms with E-state index in [9.17, 15) is 8.42 Å². The van der Waals surface area contributed by atoms with Crippen LogP contribution in [0, 0.1) is 0 Å². The van der Waals surface area contributed by atoms with Crippen LogP contribution < -0.4 is 4.74 Å². The van der Waals surface area contributed by atoms with Gasteiger partial charge in [-0.1, -0.05) is 23.7 Å². The maximum Gasteiger partial charge on any atom is 0.282 e. The van der Waals surface area contributed by atoms with Crippen LogP contribution in [0.4, 0.5) is 0 Å². The number of ether oxygens (including phenoxy) is 1. The van der Waals surface area contributed by atoms with Gasteiger partial charge in [-0.15, -0.1) is 0 Å². The highest BCUT2D eigenvalue weighted by Crippen LogP contribution is 2.17. The molecule has 0 heterocycles. The van der Waals surface area contributed by atoms with Gasteiger partial charge in [0.1, 0.15) is 5.75 Å². The molecule has 2 aromatic rings. The third-order valence-corrected chi connectivity index (χ3v) is 4.07. The van der Waals surface area contributed by atoms with E-state index in [4.69, 9.17) is 16.3 Å². The molecule has 20 heavy (non-hydrogen) atoms. The molecule has 2 rings (SSSR count). The van der Waals surface area contributed by atoms with Crippen molar-refractivity contribution in [2.75, 3.05) is 7.11 Å². The summed E-state index contributed by atoms with van der Waals surface area (Å²) in [5, 5.41) is 0.583. The Balaban J connectivity index is 2.23. The van der Waals surface area contributed by atoms with Crippen LogP contribution in [0.1, 0.15) is 5.56 Å². The first kappa shape index (κ1) is 14.6. The van der Waals surface area contributed by atoms with Gasteiger partial charge in [0.05, 0.1) is 12.0 Å². The van der Waals surface area contributed by atoms with Crippen molar-refractivity contribution in [1.29, 1.82) is 0 Å². The molecule has 0 aliphatic rings. The predicted molar refractivity (Wildman–Crippen MR) is 79.2 cm³/mol. The van der Waals surface area contributed by atoms with Crippen molar-refractivity contribution in [2.45, 2.75) is 4.90 Å². The highest BCUT2D eigenvalue weighted by molar-refractivity contribution is 7.90. The summed E-state index contributed by atoms with van der Waals surface area (Å²) in [6, 6.07) is 12.8. The molecule has 0 fully saturated rings. The molecular weight excluding hydrogens is 298 g/mol. The van der Waals surface area contributed by atoms with E-state index in [-0.39, 0.29) is 4.90 Å². The topological polar surface area (TPSA) is 55.7 Å². The van der Waals surface area contributed by atoms with Crippen LogP contribution in [0.25, 0.3) is 0 Å². The maximum absolute atomic E-state index is 12.0. The lowest BCUT2D eigenvalue weighted by Gasteiger charge is -2.01. The number of hydrogen-bond acceptors (Lipinski definition) is 3. The molecule has 0 unspecified atom stereocenters. The Morgan fingerprint density at radius 2 is 1.65 bits per heavy atom. The molecular formula is C14H12ClNO3S. The van der Waals surface area contributed by atoms with E-state index in [1.54, 1.807) is 36.4 Å². The average Bonchev–Trinajstić information content (AvgIpc) is 2.47. The minimum absolute atomic E-state index is 0.114. The zero-order valence-electron chi connectivity index (χ0n) is 10.7. The zero-order chi connectivity index (χ0) is 14.6. The quantitative estimate of drug-likeness (QED) is 0.815. The molecule has 0 N–H and O–H groups in total. The Bertz CT molecular complexity index is 707. The summed E-state index contributed by atoms with van der Waals surface area (Å²) in [6.07, 6.45) is 1.29. The number of nitrogens with zero attached hydrogens (tertiary/aromatic N) is 1. The SMILES string of the molecule is COc1ccc(S(=O)(=O)N=Cc2ccc(Cl)cc2)cc1. The van der Waals surface area contributed by atoms with Gasteiger partial charge in [-0.3, -0.25) is 0 Å². The third-order valence-electron chi connectivity index (χ3n) is 2.57. The molecule has 0 aliphatic heterocycles. The monoisotopic (exact) mass is 309 g/mol. The van der Waals surface area contributed by atoms with Gasteiger partial charge in [-0.2, -0.15) is 12.8 Å². The molecule has 0 bridgehead atoms. The summed E-state index contributed by atoms with van der Waals surface area (Å²) in [7, 11) is -2.20. The van der Waals surface area contributed by atoms with Crippen molar-refractivity contribution in [3.05, 3.63) is 59.1 Å². The summed E-state index contributed by atoms with van der Waals surface area (Å²) < 4.78 is 32.6. The molecule has 0 spiro atoms. The highest BCUT2D eigenvalue weighted by atomic mass is 35.5. The molecule has 2 aromatic carbocycles. The highest BCUT2D eigenvalue weighted by Gasteiger charge is 2.11. The molecule has 0 saturated carbocycles. The minimum Gasteiger partial charge on any atom is -0.497 e. The normalized spacial score (nSPS) is 11.7. The molecule has 6 heteroatoms. The smallest absolute Gasteiger partial charge is 0.282 e. The van der Waals surface area contributed by atoms with Crippen LogP contribution in [0.2, 0.25) is 5.02 Å². The third kappa shape index (κ3) is 3.59. The number of hydrogen-bond donors (Lipinski definition) is 0. The Labute approximate surface area is 122 Å². The molecule has 0 atom stereocenters. The molecule has 0 radical (unpaired) electrons. The molecule has 0 aliphatic carbocycles. The maximum atomic E-state index is 12.0. The van der Waals surface area contributed by atoms with Gasteiger partial charge in [0.15, 0.2) is 0 Å². The van der Waals surface area contributed by atoms with Crippen molar-refractivity contribution in [2.24, 2.45) is 4.40 Å². The average molecular weight is 310 g/mol. The summed E-state index contributed by atoms with van der Waals surface area (Å²) in [5.41, 5.74) is 0.659. The van der Waals surface area contributed by atoms with Crippen molar-refractivity contribution < 1.29 is 13.2 Å². The van der Waals surface area contributed by atoms with Crippen molar-refractivity contribution >= 4 is 27.8 Å². The number of rotatable bonds is 4. The van der Waals surface area contributed by atoms with E-state index in [0.29, 0.717) is 16.3 Å². The first-order valence-electron chi connectivity index (χ1n) is 5.71. The predicted octanol–water partition coefficient (Wildman–Crippen LogP) is 3.16. The molecule has 0 amide bonds. The zero-order valence-corrected chi connectivity index (χ0v) is 12.2. The van der Waals surface area contributed by atoms with Gasteiger partial charge in [0, 0.05) is 11.2 Å². The molecule has 4 nitrogen and oxygen atoms in total. The molecule has 0 saturated heterocycles. The largest absolute Gasteiger partial charge is 0.497 e. The van der Waals surface area contributed by atoms with E-state index in [0.717, 1.165) is 0 Å². The Morgan fingerprint density at radius 3 is 2.20 bits per heavy atom. The number of methoxy groups -OCH3 is 1. The Hall–Kier alpha value is -1.85. The van der Waals surface area contributed by atoms with E-state index in [2.05, 4.69) is 4.40 Å². The lowest BCUT2D eigenvalue weighted by molar-refractivity contribution is 0.414. The summed E-state index contributed by atoms with van der Waals surface area (Å²) in [5.74, 6) is 0.589. The van der Waals surface area contributed by atoms with Crippen molar-refractivity contribution in [1.82, 2.24) is 0 Å². The van der Waals surface area contributed by atoms with Crippen LogP contribution in [0.5, 0.6) is 5.75 Å². The molecule has 0 aromatic heterocycles. The summed E-state index contributed by atoms with van der Waals surface area (Å²) in [6.45, 7) is 0. The summed E-state index contributed by atoms with van der Waals surface area (Å²) >= 11 is 5.75.